The van der Waals surface area contributed by atoms with E-state index >= 15 is 0 Å². The van der Waals surface area contributed by atoms with Gasteiger partial charge in [-0.3, -0.25) is 0 Å². The first kappa shape index (κ1) is 15.6. The van der Waals surface area contributed by atoms with Gasteiger partial charge in [0.15, 0.2) is 0 Å². The Morgan fingerprint density at radius 3 is 2.61 bits per heavy atom. The minimum Gasteiger partial charge on any atom is -0.459 e. The Labute approximate surface area is 136 Å². The molecule has 0 aromatic heterocycles. The highest BCUT2D eigenvalue weighted by molar-refractivity contribution is 5.95. The van der Waals surface area contributed by atoms with Crippen LogP contribution in [0.2, 0.25) is 0 Å². The largest absolute Gasteiger partial charge is 0.459 e. The molecule has 5 nitrogen and oxygen atoms in total. The third-order valence-corrected chi connectivity index (χ3v) is 4.66. The molecule has 1 fully saturated rings. The van der Waals surface area contributed by atoms with Crippen molar-refractivity contribution < 1.29 is 14.3 Å². The lowest BCUT2D eigenvalue weighted by atomic mass is 9.95. The molecule has 2 N–H and O–H groups in total. The maximum Gasteiger partial charge on any atom is 0.338 e. The molecule has 3 atom stereocenters. The topological polar surface area (TPSA) is 67.4 Å². The lowest BCUT2D eigenvalue weighted by Crippen LogP contribution is -2.45. The van der Waals surface area contributed by atoms with E-state index in [1.165, 1.54) is 0 Å². The molecular weight excluding hydrogens is 292 g/mol. The van der Waals surface area contributed by atoms with Crippen molar-refractivity contribution in [3.05, 3.63) is 47.2 Å². The number of esters is 1. The molecule has 2 aliphatic rings. The predicted molar refractivity (Wildman–Crippen MR) is 86.4 cm³/mol. The van der Waals surface area contributed by atoms with Crippen molar-refractivity contribution in [1.82, 2.24) is 10.6 Å². The van der Waals surface area contributed by atoms with Crippen molar-refractivity contribution in [3.63, 3.8) is 0 Å². The Hall–Kier alpha value is -2.30. The second-order valence-electron chi connectivity index (χ2n) is 6.33. The van der Waals surface area contributed by atoms with Gasteiger partial charge in [-0.2, -0.15) is 0 Å². The van der Waals surface area contributed by atoms with Crippen molar-refractivity contribution in [2.45, 2.75) is 45.3 Å². The Bertz CT molecular complexity index is 639. The molecule has 5 heteroatoms. The fourth-order valence-electron chi connectivity index (χ4n) is 3.35. The quantitative estimate of drug-likeness (QED) is 0.843. The first-order valence-electron chi connectivity index (χ1n) is 8.10. The maximum atomic E-state index is 12.7. The number of carbonyl (C=O) groups is 2. The molecule has 122 valence electrons. The Balaban J connectivity index is 1.87. The van der Waals surface area contributed by atoms with Crippen LogP contribution < -0.4 is 10.6 Å². The van der Waals surface area contributed by atoms with Crippen molar-refractivity contribution >= 4 is 12.0 Å². The number of allylic oxidation sites excluding steroid dienone is 1. The van der Waals surface area contributed by atoms with Crippen LogP contribution in [0.5, 0.6) is 0 Å². The molecule has 3 rings (SSSR count). The second-order valence-corrected chi connectivity index (χ2v) is 6.33. The Morgan fingerprint density at radius 1 is 1.22 bits per heavy atom. The maximum absolute atomic E-state index is 12.7. The van der Waals surface area contributed by atoms with Crippen molar-refractivity contribution in [2.75, 3.05) is 0 Å². The molecule has 0 bridgehead atoms. The summed E-state index contributed by atoms with van der Waals surface area (Å²) in [6, 6.07) is 8.70. The molecule has 0 saturated heterocycles. The van der Waals surface area contributed by atoms with Crippen molar-refractivity contribution in [1.29, 1.82) is 0 Å². The SMILES string of the molecule is CC1=C(C(=O)O[C@@H]2CCC[C@@H]2C)[C@@H](c2ccccc2)NC(=O)N1. The number of carbonyl (C=O) groups excluding carboxylic acids is 2. The van der Waals surface area contributed by atoms with Gasteiger partial charge >= 0.3 is 12.0 Å². The van der Waals surface area contributed by atoms with Crippen LogP contribution in [-0.4, -0.2) is 18.1 Å². The van der Waals surface area contributed by atoms with Gasteiger partial charge in [0, 0.05) is 5.70 Å². The summed E-state index contributed by atoms with van der Waals surface area (Å²) in [6.07, 6.45) is 3.06. The summed E-state index contributed by atoms with van der Waals surface area (Å²) in [4.78, 5) is 24.5. The third kappa shape index (κ3) is 3.23. The molecule has 1 aromatic rings. The zero-order valence-corrected chi connectivity index (χ0v) is 13.5. The van der Waals surface area contributed by atoms with E-state index in [9.17, 15) is 9.59 Å². The standard InChI is InChI=1S/C18H22N2O3/c1-11-7-6-10-14(11)23-17(21)15-12(2)19-18(22)20-16(15)13-8-4-3-5-9-13/h3-5,8-9,11,14,16H,6-7,10H2,1-2H3,(H2,19,20,22)/t11-,14+,16+/m0/s1. The summed E-state index contributed by atoms with van der Waals surface area (Å²) in [7, 11) is 0. The van der Waals surface area contributed by atoms with E-state index in [0.29, 0.717) is 17.2 Å². The number of amides is 2. The lowest BCUT2D eigenvalue weighted by molar-refractivity contribution is -0.146. The van der Waals surface area contributed by atoms with Crippen LogP contribution in [-0.2, 0) is 9.53 Å². The number of urea groups is 1. The van der Waals surface area contributed by atoms with Crippen LogP contribution in [0.25, 0.3) is 0 Å². The molecule has 1 aromatic carbocycles. The van der Waals surface area contributed by atoms with E-state index < -0.39 is 6.04 Å². The molecular formula is C18H22N2O3. The summed E-state index contributed by atoms with van der Waals surface area (Å²) < 4.78 is 5.73. The number of ether oxygens (including phenoxy) is 1. The van der Waals surface area contributed by atoms with Gasteiger partial charge in [0.25, 0.3) is 0 Å². The van der Waals surface area contributed by atoms with Gasteiger partial charge in [0.05, 0.1) is 11.6 Å². The highest BCUT2D eigenvalue weighted by atomic mass is 16.5. The van der Waals surface area contributed by atoms with Crippen LogP contribution in [0.15, 0.2) is 41.6 Å². The van der Waals surface area contributed by atoms with E-state index in [2.05, 4.69) is 17.6 Å². The third-order valence-electron chi connectivity index (χ3n) is 4.66. The molecule has 1 aliphatic carbocycles. The number of hydrogen-bond donors (Lipinski definition) is 2. The summed E-state index contributed by atoms with van der Waals surface area (Å²) in [5, 5.41) is 5.50. The zero-order valence-electron chi connectivity index (χ0n) is 13.5. The highest BCUT2D eigenvalue weighted by Gasteiger charge is 2.35. The minimum absolute atomic E-state index is 0.0307. The number of hydrogen-bond acceptors (Lipinski definition) is 3. The van der Waals surface area contributed by atoms with Gasteiger partial charge in [0.1, 0.15) is 6.10 Å². The van der Waals surface area contributed by atoms with E-state index in [0.717, 1.165) is 24.8 Å². The molecule has 1 heterocycles. The van der Waals surface area contributed by atoms with Gasteiger partial charge in [-0.15, -0.1) is 0 Å². The Morgan fingerprint density at radius 2 is 1.96 bits per heavy atom. The smallest absolute Gasteiger partial charge is 0.338 e. The highest BCUT2D eigenvalue weighted by Crippen LogP contribution is 2.32. The first-order chi connectivity index (χ1) is 11.1. The lowest BCUT2D eigenvalue weighted by Gasteiger charge is -2.29. The monoisotopic (exact) mass is 314 g/mol. The predicted octanol–water partition coefficient (Wildman–Crippen LogP) is 3.05. The van der Waals surface area contributed by atoms with Crippen LogP contribution in [0.4, 0.5) is 4.79 Å². The summed E-state index contributed by atoms with van der Waals surface area (Å²) >= 11 is 0. The van der Waals surface area contributed by atoms with Gasteiger partial charge in [0.2, 0.25) is 0 Å². The number of rotatable bonds is 3. The molecule has 2 amide bonds. The molecule has 0 spiro atoms. The van der Waals surface area contributed by atoms with Crippen molar-refractivity contribution in [2.24, 2.45) is 5.92 Å². The average molecular weight is 314 g/mol. The first-order valence-corrected chi connectivity index (χ1v) is 8.10. The molecule has 1 aliphatic heterocycles. The van der Waals surface area contributed by atoms with E-state index in [4.69, 9.17) is 4.74 Å². The minimum atomic E-state index is -0.478. The number of benzene rings is 1. The Kier molecular flexibility index (Phi) is 4.37. The van der Waals surface area contributed by atoms with Crippen LogP contribution in [0, 0.1) is 5.92 Å². The second kappa shape index (κ2) is 6.44. The van der Waals surface area contributed by atoms with Crippen molar-refractivity contribution in [3.8, 4) is 0 Å². The molecule has 0 unspecified atom stereocenters. The average Bonchev–Trinajstić information content (AvgIpc) is 2.92. The molecule has 23 heavy (non-hydrogen) atoms. The van der Waals surface area contributed by atoms with E-state index in [1.54, 1.807) is 6.92 Å². The summed E-state index contributed by atoms with van der Waals surface area (Å²) in [5.41, 5.74) is 1.90. The van der Waals surface area contributed by atoms with Crippen LogP contribution in [0.3, 0.4) is 0 Å². The molecule has 1 saturated carbocycles. The fourth-order valence-corrected chi connectivity index (χ4v) is 3.35. The van der Waals surface area contributed by atoms with Crippen LogP contribution >= 0.6 is 0 Å². The van der Waals surface area contributed by atoms with Crippen LogP contribution in [0.1, 0.15) is 44.7 Å². The van der Waals surface area contributed by atoms with E-state index in [-0.39, 0.29) is 18.1 Å². The van der Waals surface area contributed by atoms with Gasteiger partial charge in [-0.25, -0.2) is 9.59 Å². The summed E-state index contributed by atoms with van der Waals surface area (Å²) in [6.45, 7) is 3.85. The molecule has 0 radical (unpaired) electrons. The van der Waals surface area contributed by atoms with E-state index in [1.807, 2.05) is 30.3 Å². The number of nitrogens with one attached hydrogen (secondary N) is 2. The van der Waals surface area contributed by atoms with Gasteiger partial charge in [-0.1, -0.05) is 37.3 Å². The normalized spacial score (nSPS) is 27.4. The fraction of sp³-hybridized carbons (Fsp3) is 0.444. The van der Waals surface area contributed by atoms with Gasteiger partial charge < -0.3 is 15.4 Å². The van der Waals surface area contributed by atoms with Gasteiger partial charge in [-0.05, 0) is 37.7 Å². The summed E-state index contributed by atoms with van der Waals surface area (Å²) in [5.74, 6) is 0.0452. The zero-order chi connectivity index (χ0) is 16.4.